The van der Waals surface area contributed by atoms with Crippen LogP contribution in [0.15, 0.2) is 35.6 Å². The van der Waals surface area contributed by atoms with Crippen LogP contribution in [0.2, 0.25) is 0 Å². The number of aromatic nitrogens is 1. The van der Waals surface area contributed by atoms with Crippen LogP contribution in [0.5, 0.6) is 0 Å². The molecule has 1 aromatic carbocycles. The Balaban J connectivity index is 2.76. The molecule has 1 heterocycles. The van der Waals surface area contributed by atoms with E-state index in [-0.39, 0.29) is 0 Å². The molecular formula is C10H8N4. The minimum Gasteiger partial charge on any atom is -0.256 e. The fourth-order valence-corrected chi connectivity index (χ4v) is 1.38. The SMILES string of the molecule is Cc1cc2cccnc2cc1N=[N+]=[N-]. The predicted octanol–water partition coefficient (Wildman–Crippen LogP) is 3.49. The lowest BCUT2D eigenvalue weighted by Crippen LogP contribution is -1.79. The molecule has 4 heteroatoms. The molecule has 0 spiro atoms. The van der Waals surface area contributed by atoms with Gasteiger partial charge in [0.05, 0.1) is 5.52 Å². The van der Waals surface area contributed by atoms with E-state index < -0.39 is 0 Å². The van der Waals surface area contributed by atoms with Crippen LogP contribution < -0.4 is 0 Å². The van der Waals surface area contributed by atoms with Gasteiger partial charge in [-0.05, 0) is 36.2 Å². The van der Waals surface area contributed by atoms with Crippen LogP contribution in [0.25, 0.3) is 21.3 Å². The first-order chi connectivity index (χ1) is 6.81. The van der Waals surface area contributed by atoms with Gasteiger partial charge in [-0.25, -0.2) is 0 Å². The number of nitrogens with zero attached hydrogens (tertiary/aromatic N) is 4. The summed E-state index contributed by atoms with van der Waals surface area (Å²) in [5, 5.41) is 4.65. The van der Waals surface area contributed by atoms with Crippen molar-refractivity contribution in [2.75, 3.05) is 0 Å². The summed E-state index contributed by atoms with van der Waals surface area (Å²) in [6.45, 7) is 1.91. The van der Waals surface area contributed by atoms with Crippen molar-refractivity contribution in [1.82, 2.24) is 4.98 Å². The lowest BCUT2D eigenvalue weighted by molar-refractivity contribution is 1.36. The Morgan fingerprint density at radius 3 is 3.07 bits per heavy atom. The highest BCUT2D eigenvalue weighted by Crippen LogP contribution is 2.24. The third-order valence-corrected chi connectivity index (χ3v) is 2.07. The van der Waals surface area contributed by atoms with Gasteiger partial charge in [-0.15, -0.1) is 0 Å². The highest BCUT2D eigenvalue weighted by Gasteiger charge is 1.99. The number of azide groups is 1. The molecule has 68 valence electrons. The minimum absolute atomic E-state index is 0.638. The number of benzene rings is 1. The van der Waals surface area contributed by atoms with Gasteiger partial charge in [-0.1, -0.05) is 11.2 Å². The molecule has 2 aromatic rings. The van der Waals surface area contributed by atoms with Gasteiger partial charge in [-0.2, -0.15) is 0 Å². The first-order valence-corrected chi connectivity index (χ1v) is 4.22. The quantitative estimate of drug-likeness (QED) is 0.380. The van der Waals surface area contributed by atoms with Crippen molar-refractivity contribution in [3.63, 3.8) is 0 Å². The monoisotopic (exact) mass is 184 g/mol. The van der Waals surface area contributed by atoms with Crippen molar-refractivity contribution < 1.29 is 0 Å². The Kier molecular flexibility index (Phi) is 2.05. The first kappa shape index (κ1) is 8.53. The van der Waals surface area contributed by atoms with Crippen molar-refractivity contribution in [2.45, 2.75) is 6.92 Å². The Hall–Kier alpha value is -2.06. The third-order valence-electron chi connectivity index (χ3n) is 2.07. The third kappa shape index (κ3) is 1.39. The molecule has 0 saturated heterocycles. The molecule has 1 aromatic heterocycles. The summed E-state index contributed by atoms with van der Waals surface area (Å²) in [7, 11) is 0. The van der Waals surface area contributed by atoms with Gasteiger partial charge in [0.1, 0.15) is 0 Å². The number of fused-ring (bicyclic) bond motifs is 1. The molecule has 0 unspecified atom stereocenters. The van der Waals surface area contributed by atoms with E-state index >= 15 is 0 Å². The molecule has 0 fully saturated rings. The highest BCUT2D eigenvalue weighted by atomic mass is 15.1. The molecule has 0 saturated carbocycles. The largest absolute Gasteiger partial charge is 0.256 e. The maximum Gasteiger partial charge on any atom is 0.0706 e. The minimum atomic E-state index is 0.638. The van der Waals surface area contributed by atoms with Gasteiger partial charge in [0.15, 0.2) is 0 Å². The summed E-state index contributed by atoms with van der Waals surface area (Å²) in [5.74, 6) is 0. The average Bonchev–Trinajstić information content (AvgIpc) is 2.19. The van der Waals surface area contributed by atoms with Gasteiger partial charge in [0.25, 0.3) is 0 Å². The molecular weight excluding hydrogens is 176 g/mol. The first-order valence-electron chi connectivity index (χ1n) is 4.22. The lowest BCUT2D eigenvalue weighted by Gasteiger charge is -2.01. The fourth-order valence-electron chi connectivity index (χ4n) is 1.38. The van der Waals surface area contributed by atoms with Crippen LogP contribution in [0.3, 0.4) is 0 Å². The number of pyridine rings is 1. The summed E-state index contributed by atoms with van der Waals surface area (Å²) in [4.78, 5) is 6.95. The van der Waals surface area contributed by atoms with Crippen molar-refractivity contribution in [3.8, 4) is 0 Å². The van der Waals surface area contributed by atoms with Crippen LogP contribution >= 0.6 is 0 Å². The summed E-state index contributed by atoms with van der Waals surface area (Å²) in [5.41, 5.74) is 10.8. The molecule has 0 amide bonds. The van der Waals surface area contributed by atoms with Crippen molar-refractivity contribution >= 4 is 16.6 Å². The molecule has 0 aliphatic carbocycles. The predicted molar refractivity (Wildman–Crippen MR) is 55.3 cm³/mol. The Morgan fingerprint density at radius 2 is 2.29 bits per heavy atom. The van der Waals surface area contributed by atoms with Gasteiger partial charge in [0.2, 0.25) is 0 Å². The normalized spacial score (nSPS) is 9.79. The molecule has 0 N–H and O–H groups in total. The van der Waals surface area contributed by atoms with E-state index in [1.807, 2.05) is 25.1 Å². The number of aryl methyl sites for hydroxylation is 1. The van der Waals surface area contributed by atoms with Crippen LogP contribution in [0.4, 0.5) is 5.69 Å². The van der Waals surface area contributed by atoms with Crippen LogP contribution in [-0.4, -0.2) is 4.98 Å². The van der Waals surface area contributed by atoms with E-state index in [1.165, 1.54) is 0 Å². The number of hydrogen-bond donors (Lipinski definition) is 0. The molecule has 2 rings (SSSR count). The van der Waals surface area contributed by atoms with Gasteiger partial charge in [0, 0.05) is 22.2 Å². The van der Waals surface area contributed by atoms with E-state index in [0.29, 0.717) is 5.69 Å². The number of rotatable bonds is 1. The fraction of sp³-hybridized carbons (Fsp3) is 0.100. The lowest BCUT2D eigenvalue weighted by atomic mass is 10.1. The molecule has 14 heavy (non-hydrogen) atoms. The van der Waals surface area contributed by atoms with E-state index in [4.69, 9.17) is 5.53 Å². The van der Waals surface area contributed by atoms with Crippen molar-refractivity contribution in [1.29, 1.82) is 0 Å². The average molecular weight is 184 g/mol. The molecule has 4 nitrogen and oxygen atoms in total. The summed E-state index contributed by atoms with van der Waals surface area (Å²) in [6.07, 6.45) is 1.72. The molecule has 0 aliphatic rings. The Morgan fingerprint density at radius 1 is 1.43 bits per heavy atom. The topological polar surface area (TPSA) is 61.7 Å². The van der Waals surface area contributed by atoms with Crippen LogP contribution in [0.1, 0.15) is 5.56 Å². The van der Waals surface area contributed by atoms with Crippen molar-refractivity contribution in [2.24, 2.45) is 5.11 Å². The molecule has 0 bridgehead atoms. The summed E-state index contributed by atoms with van der Waals surface area (Å²) < 4.78 is 0. The van der Waals surface area contributed by atoms with Crippen LogP contribution in [0, 0.1) is 6.92 Å². The smallest absolute Gasteiger partial charge is 0.0706 e. The zero-order valence-electron chi connectivity index (χ0n) is 7.68. The van der Waals surface area contributed by atoms with E-state index in [9.17, 15) is 0 Å². The van der Waals surface area contributed by atoms with Crippen LogP contribution in [-0.2, 0) is 0 Å². The second-order valence-electron chi connectivity index (χ2n) is 3.02. The molecule has 0 aliphatic heterocycles. The van der Waals surface area contributed by atoms with Gasteiger partial charge >= 0.3 is 0 Å². The zero-order valence-corrected chi connectivity index (χ0v) is 7.68. The molecule has 0 atom stereocenters. The summed E-state index contributed by atoms with van der Waals surface area (Å²) in [6, 6.07) is 7.63. The van der Waals surface area contributed by atoms with E-state index in [0.717, 1.165) is 16.5 Å². The maximum absolute atomic E-state index is 8.35. The maximum atomic E-state index is 8.35. The Bertz CT molecular complexity index is 527. The zero-order chi connectivity index (χ0) is 9.97. The van der Waals surface area contributed by atoms with Crippen molar-refractivity contribution in [3.05, 3.63) is 46.5 Å². The van der Waals surface area contributed by atoms with E-state index in [2.05, 4.69) is 15.0 Å². The summed E-state index contributed by atoms with van der Waals surface area (Å²) >= 11 is 0. The number of hydrogen-bond acceptors (Lipinski definition) is 2. The van der Waals surface area contributed by atoms with E-state index in [1.54, 1.807) is 12.3 Å². The Labute approximate surface area is 80.8 Å². The highest BCUT2D eigenvalue weighted by molar-refractivity contribution is 5.82. The second-order valence-corrected chi connectivity index (χ2v) is 3.02. The van der Waals surface area contributed by atoms with Gasteiger partial charge in [-0.3, -0.25) is 4.98 Å². The second kappa shape index (κ2) is 3.36. The standard InChI is InChI=1S/C10H8N4/c1-7-5-8-3-2-4-12-10(8)6-9(7)13-14-11/h2-6H,1H3. The van der Waals surface area contributed by atoms with Gasteiger partial charge < -0.3 is 0 Å². The molecule has 0 radical (unpaired) electrons.